The van der Waals surface area contributed by atoms with Gasteiger partial charge in [-0.15, -0.1) is 12.4 Å². The third kappa shape index (κ3) is 1.58. The number of ether oxygens (including phenoxy) is 2. The lowest BCUT2D eigenvalue weighted by Gasteiger charge is -2.11. The van der Waals surface area contributed by atoms with E-state index in [0.29, 0.717) is 22.7 Å². The van der Waals surface area contributed by atoms with Gasteiger partial charge in [0, 0.05) is 11.3 Å². The zero-order chi connectivity index (χ0) is 9.42. The van der Waals surface area contributed by atoms with Gasteiger partial charge in [0.1, 0.15) is 0 Å². The lowest BCUT2D eigenvalue weighted by atomic mass is 10.1. The SMILES string of the molecule is CC(O)c1c(N)ccc2c1OCO2.Cl. The van der Waals surface area contributed by atoms with Gasteiger partial charge in [0.05, 0.1) is 6.10 Å². The standard InChI is InChI=1S/C9H11NO3.ClH/c1-5(11)8-6(10)2-3-7-9(8)13-4-12-7;/h2-3,5,11H,4,10H2,1H3;1H. The van der Waals surface area contributed by atoms with E-state index in [1.54, 1.807) is 19.1 Å². The van der Waals surface area contributed by atoms with E-state index in [0.717, 1.165) is 0 Å². The highest BCUT2D eigenvalue weighted by Crippen LogP contribution is 2.41. The minimum absolute atomic E-state index is 0. The van der Waals surface area contributed by atoms with Gasteiger partial charge in [0.25, 0.3) is 0 Å². The number of nitrogens with two attached hydrogens (primary N) is 1. The minimum Gasteiger partial charge on any atom is -0.454 e. The first-order chi connectivity index (χ1) is 6.20. The van der Waals surface area contributed by atoms with Gasteiger partial charge in [0.15, 0.2) is 11.5 Å². The number of hydrogen-bond acceptors (Lipinski definition) is 4. The highest BCUT2D eigenvalue weighted by atomic mass is 35.5. The zero-order valence-corrected chi connectivity index (χ0v) is 8.50. The molecule has 2 rings (SSSR count). The molecule has 0 saturated carbocycles. The van der Waals surface area contributed by atoms with Crippen LogP contribution in [0, 0.1) is 0 Å². The normalized spacial score (nSPS) is 14.7. The van der Waals surface area contributed by atoms with Crippen molar-refractivity contribution in [2.24, 2.45) is 0 Å². The van der Waals surface area contributed by atoms with Crippen LogP contribution in [0.25, 0.3) is 0 Å². The molecule has 0 bridgehead atoms. The first kappa shape index (κ1) is 10.9. The maximum absolute atomic E-state index is 9.45. The Hall–Kier alpha value is -1.13. The fourth-order valence-electron chi connectivity index (χ4n) is 1.44. The molecule has 0 aromatic heterocycles. The van der Waals surface area contributed by atoms with Gasteiger partial charge >= 0.3 is 0 Å². The number of nitrogen functional groups attached to an aromatic ring is 1. The molecular formula is C9H12ClNO3. The Morgan fingerprint density at radius 1 is 1.43 bits per heavy atom. The van der Waals surface area contributed by atoms with Crippen molar-refractivity contribution in [1.29, 1.82) is 0 Å². The molecule has 0 amide bonds. The quantitative estimate of drug-likeness (QED) is 0.700. The summed E-state index contributed by atoms with van der Waals surface area (Å²) < 4.78 is 10.4. The number of halogens is 1. The van der Waals surface area contributed by atoms with Crippen molar-refractivity contribution < 1.29 is 14.6 Å². The highest BCUT2D eigenvalue weighted by molar-refractivity contribution is 5.85. The fourth-order valence-corrected chi connectivity index (χ4v) is 1.44. The minimum atomic E-state index is -0.642. The first-order valence-electron chi connectivity index (χ1n) is 4.06. The van der Waals surface area contributed by atoms with Crippen molar-refractivity contribution in [2.45, 2.75) is 13.0 Å². The molecule has 1 aliphatic rings. The summed E-state index contributed by atoms with van der Waals surface area (Å²) in [5.41, 5.74) is 6.83. The molecule has 5 heteroatoms. The molecule has 1 heterocycles. The van der Waals surface area contributed by atoms with Crippen LogP contribution < -0.4 is 15.2 Å². The molecule has 0 spiro atoms. The van der Waals surface area contributed by atoms with Gasteiger partial charge < -0.3 is 20.3 Å². The van der Waals surface area contributed by atoms with E-state index in [9.17, 15) is 5.11 Å². The number of benzene rings is 1. The van der Waals surface area contributed by atoms with E-state index in [-0.39, 0.29) is 19.2 Å². The maximum Gasteiger partial charge on any atom is 0.231 e. The molecule has 0 aliphatic carbocycles. The average molecular weight is 218 g/mol. The second-order valence-corrected chi connectivity index (χ2v) is 2.98. The molecule has 3 N–H and O–H groups in total. The smallest absolute Gasteiger partial charge is 0.231 e. The Morgan fingerprint density at radius 3 is 2.79 bits per heavy atom. The topological polar surface area (TPSA) is 64.7 Å². The number of hydrogen-bond donors (Lipinski definition) is 2. The molecule has 0 saturated heterocycles. The third-order valence-electron chi connectivity index (χ3n) is 2.03. The monoisotopic (exact) mass is 217 g/mol. The van der Waals surface area contributed by atoms with Crippen LogP contribution >= 0.6 is 12.4 Å². The molecule has 1 aliphatic heterocycles. The predicted molar refractivity (Wildman–Crippen MR) is 54.9 cm³/mol. The van der Waals surface area contributed by atoms with Crippen LogP contribution in [-0.4, -0.2) is 11.9 Å². The highest BCUT2D eigenvalue weighted by Gasteiger charge is 2.22. The van der Waals surface area contributed by atoms with Crippen LogP contribution in [0.3, 0.4) is 0 Å². The first-order valence-corrected chi connectivity index (χ1v) is 4.06. The molecule has 1 aromatic carbocycles. The lowest BCUT2D eigenvalue weighted by Crippen LogP contribution is -2.00. The Kier molecular flexibility index (Phi) is 3.08. The Balaban J connectivity index is 0.000000980. The summed E-state index contributed by atoms with van der Waals surface area (Å²) in [5, 5.41) is 9.45. The molecule has 1 atom stereocenters. The Labute approximate surface area is 88.0 Å². The van der Waals surface area contributed by atoms with Crippen LogP contribution in [0.4, 0.5) is 5.69 Å². The predicted octanol–water partition coefficient (Wildman–Crippen LogP) is 1.47. The molecule has 1 aromatic rings. The molecule has 0 fully saturated rings. The molecule has 0 radical (unpaired) electrons. The largest absolute Gasteiger partial charge is 0.454 e. The zero-order valence-electron chi connectivity index (χ0n) is 7.69. The van der Waals surface area contributed by atoms with Gasteiger partial charge in [-0.3, -0.25) is 0 Å². The fraction of sp³-hybridized carbons (Fsp3) is 0.333. The Morgan fingerprint density at radius 2 is 2.14 bits per heavy atom. The van der Waals surface area contributed by atoms with Crippen LogP contribution in [0.15, 0.2) is 12.1 Å². The van der Waals surface area contributed by atoms with Crippen molar-refractivity contribution in [3.63, 3.8) is 0 Å². The summed E-state index contributed by atoms with van der Waals surface area (Å²) in [6.45, 7) is 1.84. The van der Waals surface area contributed by atoms with Crippen molar-refractivity contribution >= 4 is 18.1 Å². The van der Waals surface area contributed by atoms with Crippen molar-refractivity contribution in [3.8, 4) is 11.5 Å². The third-order valence-corrected chi connectivity index (χ3v) is 2.03. The molecular weight excluding hydrogens is 206 g/mol. The molecule has 4 nitrogen and oxygen atoms in total. The Bertz CT molecular complexity index is 341. The van der Waals surface area contributed by atoms with Crippen LogP contribution in [0.1, 0.15) is 18.6 Å². The van der Waals surface area contributed by atoms with E-state index in [2.05, 4.69) is 0 Å². The van der Waals surface area contributed by atoms with Gasteiger partial charge in [0.2, 0.25) is 6.79 Å². The number of aliphatic hydroxyl groups excluding tert-OH is 1. The van der Waals surface area contributed by atoms with E-state index in [4.69, 9.17) is 15.2 Å². The van der Waals surface area contributed by atoms with E-state index >= 15 is 0 Å². The average Bonchev–Trinajstić information content (AvgIpc) is 2.50. The van der Waals surface area contributed by atoms with E-state index < -0.39 is 6.10 Å². The van der Waals surface area contributed by atoms with Crippen molar-refractivity contribution in [2.75, 3.05) is 12.5 Å². The number of aliphatic hydroxyl groups is 1. The van der Waals surface area contributed by atoms with Gasteiger partial charge in [-0.2, -0.15) is 0 Å². The second kappa shape index (κ2) is 3.94. The summed E-state index contributed by atoms with van der Waals surface area (Å²) in [7, 11) is 0. The van der Waals surface area contributed by atoms with E-state index in [1.165, 1.54) is 0 Å². The molecule has 14 heavy (non-hydrogen) atoms. The lowest BCUT2D eigenvalue weighted by molar-refractivity contribution is 0.164. The number of rotatable bonds is 1. The van der Waals surface area contributed by atoms with Crippen molar-refractivity contribution in [1.82, 2.24) is 0 Å². The summed E-state index contributed by atoms with van der Waals surface area (Å²) >= 11 is 0. The van der Waals surface area contributed by atoms with Gasteiger partial charge in [-0.1, -0.05) is 0 Å². The maximum atomic E-state index is 9.45. The summed E-state index contributed by atoms with van der Waals surface area (Å²) in [6.07, 6.45) is -0.642. The molecule has 78 valence electrons. The summed E-state index contributed by atoms with van der Waals surface area (Å²) in [6, 6.07) is 3.44. The van der Waals surface area contributed by atoms with Gasteiger partial charge in [-0.25, -0.2) is 0 Å². The van der Waals surface area contributed by atoms with Crippen LogP contribution in [0.5, 0.6) is 11.5 Å². The summed E-state index contributed by atoms with van der Waals surface area (Å²) in [5.74, 6) is 1.21. The summed E-state index contributed by atoms with van der Waals surface area (Å²) in [4.78, 5) is 0. The number of fused-ring (bicyclic) bond motifs is 1. The molecule has 1 unspecified atom stereocenters. The van der Waals surface area contributed by atoms with Crippen LogP contribution in [0.2, 0.25) is 0 Å². The van der Waals surface area contributed by atoms with Crippen molar-refractivity contribution in [3.05, 3.63) is 17.7 Å². The second-order valence-electron chi connectivity index (χ2n) is 2.98. The van der Waals surface area contributed by atoms with Crippen LogP contribution in [-0.2, 0) is 0 Å². The number of anilines is 1. The van der Waals surface area contributed by atoms with E-state index in [1.807, 2.05) is 0 Å². The van der Waals surface area contributed by atoms with Gasteiger partial charge in [-0.05, 0) is 19.1 Å².